The number of halogens is 2. The van der Waals surface area contributed by atoms with Crippen LogP contribution in [0.4, 0.5) is 5.82 Å². The number of fused-ring (bicyclic) bond motifs is 1. The predicted octanol–water partition coefficient (Wildman–Crippen LogP) is 3.53. The maximum atomic E-state index is 5.97. The number of ether oxygens (including phenoxy) is 1. The molecule has 1 saturated carbocycles. The van der Waals surface area contributed by atoms with Crippen LogP contribution in [0.15, 0.2) is 24.3 Å². The molecule has 1 aromatic carbocycles. The molecule has 0 spiro atoms. The van der Waals surface area contributed by atoms with Gasteiger partial charge in [0.25, 0.3) is 0 Å². The molecule has 3 N–H and O–H groups in total. The average Bonchev–Trinajstić information content (AvgIpc) is 3.08. The van der Waals surface area contributed by atoms with Gasteiger partial charge in [0, 0.05) is 50.8 Å². The number of H-pyrrole nitrogens is 1. The van der Waals surface area contributed by atoms with Crippen LogP contribution >= 0.6 is 24.8 Å². The maximum Gasteiger partial charge on any atom is 0.156 e. The molecule has 1 aliphatic rings. The molecule has 9 heteroatoms. The lowest BCUT2D eigenvalue weighted by atomic mass is 9.78. The van der Waals surface area contributed by atoms with E-state index < -0.39 is 0 Å². The summed E-state index contributed by atoms with van der Waals surface area (Å²) in [6, 6.07) is 8.60. The first-order valence-corrected chi connectivity index (χ1v) is 9.81. The number of benzene rings is 1. The highest BCUT2D eigenvalue weighted by Crippen LogP contribution is 2.35. The standard InChI is InChI=1S/C21H28N6O.2ClH/c1-13-5-4-6-16-21(13)26-18(23-16)7-8-27(2)20-11-17(14-9-15(22)10-14)24-19(25-20)12-28-3;;/h4-6,11,14-15H,7-10,12,22H2,1-3H3,(H,23,26);2*1H. The summed E-state index contributed by atoms with van der Waals surface area (Å²) >= 11 is 0. The van der Waals surface area contributed by atoms with Crippen LogP contribution in [0.1, 0.15) is 41.7 Å². The molecule has 7 nitrogen and oxygen atoms in total. The molecule has 0 saturated heterocycles. The van der Waals surface area contributed by atoms with E-state index in [1.807, 2.05) is 0 Å². The summed E-state index contributed by atoms with van der Waals surface area (Å²) in [5.74, 6) is 3.07. The van der Waals surface area contributed by atoms with Crippen molar-refractivity contribution < 1.29 is 4.74 Å². The van der Waals surface area contributed by atoms with Gasteiger partial charge in [-0.15, -0.1) is 24.8 Å². The molecule has 0 aliphatic heterocycles. The Balaban J connectivity index is 0.00000160. The van der Waals surface area contributed by atoms with Gasteiger partial charge < -0.3 is 20.4 Å². The second-order valence-corrected chi connectivity index (χ2v) is 7.75. The van der Waals surface area contributed by atoms with E-state index in [0.29, 0.717) is 18.6 Å². The Morgan fingerprint density at radius 2 is 1.97 bits per heavy atom. The summed E-state index contributed by atoms with van der Waals surface area (Å²) in [7, 11) is 3.73. The Morgan fingerprint density at radius 1 is 1.20 bits per heavy atom. The van der Waals surface area contributed by atoms with Gasteiger partial charge >= 0.3 is 0 Å². The van der Waals surface area contributed by atoms with Gasteiger partial charge in [0.2, 0.25) is 0 Å². The fourth-order valence-corrected chi connectivity index (χ4v) is 3.74. The highest BCUT2D eigenvalue weighted by molar-refractivity contribution is 5.85. The number of para-hydroxylation sites is 1. The van der Waals surface area contributed by atoms with E-state index in [1.54, 1.807) is 7.11 Å². The third kappa shape index (κ3) is 5.21. The van der Waals surface area contributed by atoms with E-state index in [9.17, 15) is 0 Å². The van der Waals surface area contributed by atoms with Crippen LogP contribution in [-0.2, 0) is 17.8 Å². The first-order valence-electron chi connectivity index (χ1n) is 9.81. The zero-order valence-corrected chi connectivity index (χ0v) is 19.2. The number of anilines is 1. The Bertz CT molecular complexity index is 973. The Labute approximate surface area is 189 Å². The molecule has 0 bridgehead atoms. The number of rotatable bonds is 7. The molecule has 1 aliphatic carbocycles. The van der Waals surface area contributed by atoms with E-state index >= 15 is 0 Å². The predicted molar refractivity (Wildman–Crippen MR) is 125 cm³/mol. The van der Waals surface area contributed by atoms with E-state index in [-0.39, 0.29) is 24.8 Å². The maximum absolute atomic E-state index is 5.97. The topological polar surface area (TPSA) is 93.0 Å². The Morgan fingerprint density at radius 3 is 2.63 bits per heavy atom. The van der Waals surface area contributed by atoms with Crippen molar-refractivity contribution in [2.45, 2.75) is 44.8 Å². The number of nitrogens with two attached hydrogens (primary N) is 1. The van der Waals surface area contributed by atoms with Gasteiger partial charge in [-0.25, -0.2) is 15.0 Å². The van der Waals surface area contributed by atoms with Gasteiger partial charge in [-0.2, -0.15) is 0 Å². The molecule has 0 unspecified atom stereocenters. The largest absolute Gasteiger partial charge is 0.377 e. The summed E-state index contributed by atoms with van der Waals surface area (Å²) in [6.45, 7) is 3.31. The SMILES string of the molecule is COCc1nc(C2CC(N)C2)cc(N(C)CCc2nc3c(C)cccc3[nH]2)n1.Cl.Cl. The second kappa shape index (κ2) is 10.4. The molecule has 2 heterocycles. The van der Waals surface area contributed by atoms with Crippen LogP contribution in [0.25, 0.3) is 11.0 Å². The van der Waals surface area contributed by atoms with E-state index in [2.05, 4.69) is 58.1 Å². The van der Waals surface area contributed by atoms with Crippen LogP contribution in [0, 0.1) is 6.92 Å². The Hall–Kier alpha value is -1.93. The highest BCUT2D eigenvalue weighted by Gasteiger charge is 2.29. The van der Waals surface area contributed by atoms with Crippen molar-refractivity contribution in [2.24, 2.45) is 5.73 Å². The van der Waals surface area contributed by atoms with Crippen LogP contribution in [0.3, 0.4) is 0 Å². The highest BCUT2D eigenvalue weighted by atomic mass is 35.5. The van der Waals surface area contributed by atoms with Gasteiger partial charge in [-0.3, -0.25) is 0 Å². The van der Waals surface area contributed by atoms with Gasteiger partial charge in [0.1, 0.15) is 18.2 Å². The number of methoxy groups -OCH3 is 1. The summed E-state index contributed by atoms with van der Waals surface area (Å²) in [5.41, 5.74) is 10.4. The summed E-state index contributed by atoms with van der Waals surface area (Å²) in [5, 5.41) is 0. The van der Waals surface area contributed by atoms with E-state index in [0.717, 1.165) is 60.0 Å². The van der Waals surface area contributed by atoms with Crippen molar-refractivity contribution in [1.82, 2.24) is 19.9 Å². The molecule has 3 aromatic rings. The minimum Gasteiger partial charge on any atom is -0.377 e. The van der Waals surface area contributed by atoms with Crippen molar-refractivity contribution in [2.75, 3.05) is 25.6 Å². The first kappa shape index (κ1) is 24.3. The average molecular weight is 453 g/mol. The lowest BCUT2D eigenvalue weighted by molar-refractivity contribution is 0.177. The Kier molecular flexibility index (Phi) is 8.43. The molecular weight excluding hydrogens is 423 g/mol. The second-order valence-electron chi connectivity index (χ2n) is 7.75. The van der Waals surface area contributed by atoms with E-state index in [4.69, 9.17) is 15.5 Å². The minimum atomic E-state index is 0. The number of likely N-dealkylation sites (N-methyl/N-ethyl adjacent to an activating group) is 1. The number of imidazole rings is 1. The van der Waals surface area contributed by atoms with Crippen LogP contribution in [0.5, 0.6) is 0 Å². The number of aryl methyl sites for hydroxylation is 1. The number of hydrogen-bond acceptors (Lipinski definition) is 6. The lowest BCUT2D eigenvalue weighted by Crippen LogP contribution is -2.35. The molecule has 2 aromatic heterocycles. The number of hydrogen-bond donors (Lipinski definition) is 2. The zero-order chi connectivity index (χ0) is 19.7. The first-order chi connectivity index (χ1) is 13.5. The summed E-state index contributed by atoms with van der Waals surface area (Å²) in [4.78, 5) is 19.7. The van der Waals surface area contributed by atoms with Gasteiger partial charge in [-0.1, -0.05) is 12.1 Å². The number of nitrogens with zero attached hydrogens (tertiary/aromatic N) is 4. The van der Waals surface area contributed by atoms with Crippen LogP contribution in [0.2, 0.25) is 0 Å². The monoisotopic (exact) mass is 452 g/mol. The van der Waals surface area contributed by atoms with Gasteiger partial charge in [0.05, 0.1) is 11.0 Å². The van der Waals surface area contributed by atoms with Crippen molar-refractivity contribution >= 4 is 41.7 Å². The molecule has 164 valence electrons. The smallest absolute Gasteiger partial charge is 0.156 e. The van der Waals surface area contributed by atoms with Crippen molar-refractivity contribution in [1.29, 1.82) is 0 Å². The molecule has 0 amide bonds. The fourth-order valence-electron chi connectivity index (χ4n) is 3.74. The molecule has 0 radical (unpaired) electrons. The fraction of sp³-hybridized carbons (Fsp3) is 0.476. The van der Waals surface area contributed by atoms with Gasteiger partial charge in [-0.05, 0) is 31.4 Å². The normalized spacial score (nSPS) is 17.7. The zero-order valence-electron chi connectivity index (χ0n) is 17.6. The van der Waals surface area contributed by atoms with Gasteiger partial charge in [0.15, 0.2) is 5.82 Å². The minimum absolute atomic E-state index is 0. The van der Waals surface area contributed by atoms with Crippen LogP contribution in [-0.4, -0.2) is 46.7 Å². The molecule has 1 fully saturated rings. The molecule has 0 atom stereocenters. The third-order valence-electron chi connectivity index (χ3n) is 5.48. The van der Waals surface area contributed by atoms with Crippen LogP contribution < -0.4 is 10.6 Å². The third-order valence-corrected chi connectivity index (χ3v) is 5.48. The molecule has 4 rings (SSSR count). The quantitative estimate of drug-likeness (QED) is 0.569. The van der Waals surface area contributed by atoms with Crippen molar-refractivity contribution in [3.05, 3.63) is 47.2 Å². The van der Waals surface area contributed by atoms with Crippen molar-refractivity contribution in [3.63, 3.8) is 0 Å². The number of nitrogens with one attached hydrogen (secondary N) is 1. The molecular formula is C21H30Cl2N6O. The summed E-state index contributed by atoms with van der Waals surface area (Å²) < 4.78 is 5.26. The van der Waals surface area contributed by atoms with Crippen molar-refractivity contribution in [3.8, 4) is 0 Å². The summed E-state index contributed by atoms with van der Waals surface area (Å²) in [6.07, 6.45) is 2.80. The van der Waals surface area contributed by atoms with E-state index in [1.165, 1.54) is 5.56 Å². The number of aromatic amines is 1. The number of aromatic nitrogens is 4. The molecule has 30 heavy (non-hydrogen) atoms. The lowest BCUT2D eigenvalue weighted by Gasteiger charge is -2.32.